The summed E-state index contributed by atoms with van der Waals surface area (Å²) in [5, 5.41) is 16.4. The Balaban J connectivity index is 2.02. The molecule has 0 amide bonds. The largest absolute Gasteiger partial charge is 0.396 e. The Labute approximate surface area is 114 Å². The number of aliphatic hydroxyl groups excluding tert-OH is 1. The van der Waals surface area contributed by atoms with Crippen LogP contribution in [0, 0.1) is 5.41 Å². The van der Waals surface area contributed by atoms with Gasteiger partial charge in [0.05, 0.1) is 0 Å². The fourth-order valence-electron chi connectivity index (χ4n) is 2.37. The number of nitrogens with one attached hydrogen (secondary N) is 1. The van der Waals surface area contributed by atoms with E-state index in [1.54, 1.807) is 6.20 Å². The number of nitrogens with two attached hydrogens (primary N) is 1. The van der Waals surface area contributed by atoms with Crippen LogP contribution in [0.4, 0.5) is 0 Å². The van der Waals surface area contributed by atoms with Crippen molar-refractivity contribution in [2.75, 3.05) is 13.2 Å². The predicted octanol–water partition coefficient (Wildman–Crippen LogP) is 1.10. The van der Waals surface area contributed by atoms with Gasteiger partial charge in [-0.2, -0.15) is 0 Å². The molecule has 0 atom stereocenters. The lowest BCUT2D eigenvalue weighted by molar-refractivity contribution is 0.109. The van der Waals surface area contributed by atoms with Gasteiger partial charge in [-0.1, -0.05) is 6.42 Å². The molecule has 1 fully saturated rings. The first-order chi connectivity index (χ1) is 9.20. The van der Waals surface area contributed by atoms with E-state index in [2.05, 4.69) is 9.88 Å². The van der Waals surface area contributed by atoms with Gasteiger partial charge in [0.2, 0.25) is 0 Å². The van der Waals surface area contributed by atoms with Crippen LogP contribution in [0.15, 0.2) is 18.3 Å². The van der Waals surface area contributed by atoms with Crippen molar-refractivity contribution in [1.82, 2.24) is 9.88 Å². The number of rotatable bonds is 7. The van der Waals surface area contributed by atoms with Gasteiger partial charge in [0.1, 0.15) is 11.5 Å². The molecule has 0 saturated heterocycles. The molecule has 5 nitrogen and oxygen atoms in total. The lowest BCUT2D eigenvalue weighted by atomic mass is 9.91. The van der Waals surface area contributed by atoms with Crippen LogP contribution in [0.5, 0.6) is 0 Å². The van der Waals surface area contributed by atoms with Crippen LogP contribution in [0.1, 0.15) is 36.9 Å². The van der Waals surface area contributed by atoms with Gasteiger partial charge in [-0.05, 0) is 37.0 Å². The summed E-state index contributed by atoms with van der Waals surface area (Å²) in [4.78, 5) is 6.49. The van der Waals surface area contributed by atoms with Crippen LogP contribution in [0.3, 0.4) is 0 Å². The molecule has 1 aromatic rings. The van der Waals surface area contributed by atoms with Crippen LogP contribution in [0.2, 0.25) is 0 Å². The molecule has 0 aromatic carbocycles. The molecule has 0 unspecified atom stereocenters. The molecule has 0 spiro atoms. The highest BCUT2D eigenvalue weighted by molar-refractivity contribution is 5.93. The highest BCUT2D eigenvalue weighted by Gasteiger charge is 2.24. The van der Waals surface area contributed by atoms with E-state index >= 15 is 0 Å². The minimum atomic E-state index is 0.00685. The van der Waals surface area contributed by atoms with E-state index < -0.39 is 0 Å². The summed E-state index contributed by atoms with van der Waals surface area (Å²) in [6.07, 6.45) is 6.31. The molecule has 104 valence electrons. The third-order valence-electron chi connectivity index (χ3n) is 3.68. The second-order valence-corrected chi connectivity index (χ2v) is 5.10. The van der Waals surface area contributed by atoms with Gasteiger partial charge in [-0.25, -0.2) is 0 Å². The van der Waals surface area contributed by atoms with Crippen molar-refractivity contribution in [1.29, 1.82) is 5.41 Å². The van der Waals surface area contributed by atoms with Crippen LogP contribution < -0.4 is 5.73 Å². The van der Waals surface area contributed by atoms with Gasteiger partial charge in [-0.15, -0.1) is 0 Å². The average Bonchev–Trinajstić information content (AvgIpc) is 2.34. The number of pyridine rings is 1. The number of nitrogen functional groups attached to an aromatic ring is 1. The van der Waals surface area contributed by atoms with Crippen molar-refractivity contribution in [2.45, 2.75) is 38.3 Å². The summed E-state index contributed by atoms with van der Waals surface area (Å²) in [6.45, 7) is 1.99. The molecule has 1 aliphatic carbocycles. The molecule has 0 radical (unpaired) electrons. The van der Waals surface area contributed by atoms with Gasteiger partial charge < -0.3 is 10.8 Å². The van der Waals surface area contributed by atoms with Crippen molar-refractivity contribution in [2.24, 2.45) is 5.73 Å². The molecular formula is C14H22N4O. The summed E-state index contributed by atoms with van der Waals surface area (Å²) in [6, 6.07) is 4.49. The average molecular weight is 262 g/mol. The molecule has 0 aliphatic heterocycles. The van der Waals surface area contributed by atoms with Gasteiger partial charge in [-0.3, -0.25) is 15.3 Å². The summed E-state index contributed by atoms with van der Waals surface area (Å²) in [5.41, 5.74) is 7.13. The standard InChI is InChI=1S/C14H22N4O/c15-14(16)13-9-11(5-6-17-13)10-18(7-2-8-19)12-3-1-4-12/h5-6,9,12,19H,1-4,7-8,10H2,(H3,15,16). The topological polar surface area (TPSA) is 86.2 Å². The molecule has 1 heterocycles. The summed E-state index contributed by atoms with van der Waals surface area (Å²) < 4.78 is 0. The zero-order chi connectivity index (χ0) is 13.7. The number of amidine groups is 1. The smallest absolute Gasteiger partial charge is 0.141 e. The molecule has 1 aliphatic rings. The van der Waals surface area contributed by atoms with Crippen molar-refractivity contribution in [3.05, 3.63) is 29.6 Å². The van der Waals surface area contributed by atoms with Gasteiger partial charge in [0.25, 0.3) is 0 Å². The second-order valence-electron chi connectivity index (χ2n) is 5.10. The highest BCUT2D eigenvalue weighted by atomic mass is 16.3. The van der Waals surface area contributed by atoms with Gasteiger partial charge in [0, 0.05) is 31.9 Å². The van der Waals surface area contributed by atoms with Gasteiger partial charge in [0.15, 0.2) is 0 Å². The minimum Gasteiger partial charge on any atom is -0.396 e. The van der Waals surface area contributed by atoms with Crippen molar-refractivity contribution >= 4 is 5.84 Å². The Kier molecular flexibility index (Phi) is 4.87. The quantitative estimate of drug-likeness (QED) is 0.507. The van der Waals surface area contributed by atoms with Crippen LogP contribution in [0.25, 0.3) is 0 Å². The van der Waals surface area contributed by atoms with Crippen LogP contribution >= 0.6 is 0 Å². The molecule has 1 aromatic heterocycles. The second kappa shape index (κ2) is 6.63. The van der Waals surface area contributed by atoms with Crippen molar-refractivity contribution < 1.29 is 5.11 Å². The number of nitrogens with zero attached hydrogens (tertiary/aromatic N) is 2. The van der Waals surface area contributed by atoms with Crippen LogP contribution in [-0.2, 0) is 6.54 Å². The zero-order valence-corrected chi connectivity index (χ0v) is 11.2. The van der Waals surface area contributed by atoms with E-state index in [0.717, 1.165) is 25.1 Å². The van der Waals surface area contributed by atoms with E-state index in [0.29, 0.717) is 11.7 Å². The number of hydrogen-bond donors (Lipinski definition) is 3. The van der Waals surface area contributed by atoms with Gasteiger partial charge >= 0.3 is 0 Å². The third kappa shape index (κ3) is 3.75. The molecule has 4 N–H and O–H groups in total. The maximum atomic E-state index is 8.99. The first kappa shape index (κ1) is 14.0. The normalized spacial score (nSPS) is 15.5. The minimum absolute atomic E-state index is 0.00685. The number of aromatic nitrogens is 1. The fourth-order valence-corrected chi connectivity index (χ4v) is 2.37. The first-order valence-corrected chi connectivity index (χ1v) is 6.85. The first-order valence-electron chi connectivity index (χ1n) is 6.85. The maximum absolute atomic E-state index is 8.99. The molecular weight excluding hydrogens is 240 g/mol. The summed E-state index contributed by atoms with van der Waals surface area (Å²) in [5.74, 6) is 0.00685. The molecule has 19 heavy (non-hydrogen) atoms. The van der Waals surface area contributed by atoms with Crippen LogP contribution in [-0.4, -0.2) is 40.0 Å². The maximum Gasteiger partial charge on any atom is 0.141 e. The SMILES string of the molecule is N=C(N)c1cc(CN(CCCO)C2CCC2)ccn1. The lowest BCUT2D eigenvalue weighted by Gasteiger charge is -2.37. The Morgan fingerprint density at radius 3 is 2.89 bits per heavy atom. The Morgan fingerprint density at radius 1 is 1.53 bits per heavy atom. The Hall–Kier alpha value is -1.46. The Morgan fingerprint density at radius 2 is 2.32 bits per heavy atom. The summed E-state index contributed by atoms with van der Waals surface area (Å²) in [7, 11) is 0. The molecule has 0 bridgehead atoms. The van der Waals surface area contributed by atoms with Crippen molar-refractivity contribution in [3.63, 3.8) is 0 Å². The lowest BCUT2D eigenvalue weighted by Crippen LogP contribution is -2.40. The van der Waals surface area contributed by atoms with E-state index in [-0.39, 0.29) is 12.4 Å². The molecule has 5 heteroatoms. The molecule has 2 rings (SSSR count). The third-order valence-corrected chi connectivity index (χ3v) is 3.68. The van der Waals surface area contributed by atoms with Crippen molar-refractivity contribution in [3.8, 4) is 0 Å². The number of aliphatic hydroxyl groups is 1. The van der Waals surface area contributed by atoms with E-state index in [1.807, 2.05) is 12.1 Å². The highest BCUT2D eigenvalue weighted by Crippen LogP contribution is 2.26. The monoisotopic (exact) mass is 262 g/mol. The molecule has 1 saturated carbocycles. The zero-order valence-electron chi connectivity index (χ0n) is 11.2. The summed E-state index contributed by atoms with van der Waals surface area (Å²) >= 11 is 0. The predicted molar refractivity (Wildman–Crippen MR) is 75.0 cm³/mol. The van der Waals surface area contributed by atoms with E-state index in [1.165, 1.54) is 19.3 Å². The van der Waals surface area contributed by atoms with E-state index in [9.17, 15) is 0 Å². The Bertz CT molecular complexity index is 431. The fraction of sp³-hybridized carbons (Fsp3) is 0.571. The number of hydrogen-bond acceptors (Lipinski definition) is 4. The van der Waals surface area contributed by atoms with E-state index in [4.69, 9.17) is 16.2 Å².